The molecule has 0 saturated carbocycles. The van der Waals surface area contributed by atoms with Gasteiger partial charge in [0.2, 0.25) is 5.91 Å². The van der Waals surface area contributed by atoms with Crippen LogP contribution in [0.4, 0.5) is 0 Å². The molecule has 7 nitrogen and oxygen atoms in total. The van der Waals surface area contributed by atoms with Crippen LogP contribution in [0.15, 0.2) is 22.7 Å². The molecular formula is C16H17BrN2O5. The molecular weight excluding hydrogens is 380 g/mol. The molecule has 0 bridgehead atoms. The SMILES string of the molecule is CC(C)CC(NC(=O)CN1C(=O)c2ccc(Br)cc2C1=O)C(=O)O. The molecule has 24 heavy (non-hydrogen) atoms. The van der Waals surface area contributed by atoms with Crippen LogP contribution in [0, 0.1) is 5.92 Å². The number of benzene rings is 1. The number of carboxylic acid groups (broad SMARTS) is 1. The molecule has 2 rings (SSSR count). The van der Waals surface area contributed by atoms with Gasteiger partial charge < -0.3 is 10.4 Å². The van der Waals surface area contributed by atoms with E-state index in [0.717, 1.165) is 4.90 Å². The minimum absolute atomic E-state index is 0.0723. The van der Waals surface area contributed by atoms with Crippen LogP contribution in [0.5, 0.6) is 0 Å². The minimum atomic E-state index is -1.15. The Hall–Kier alpha value is -2.22. The van der Waals surface area contributed by atoms with Gasteiger partial charge in [-0.05, 0) is 30.5 Å². The van der Waals surface area contributed by atoms with E-state index in [-0.39, 0.29) is 23.5 Å². The molecule has 1 aliphatic heterocycles. The van der Waals surface area contributed by atoms with Crippen molar-refractivity contribution in [3.05, 3.63) is 33.8 Å². The lowest BCUT2D eigenvalue weighted by atomic mass is 10.0. The average molecular weight is 397 g/mol. The molecule has 0 fully saturated rings. The number of aliphatic carboxylic acids is 1. The third-order valence-electron chi connectivity index (χ3n) is 3.57. The van der Waals surface area contributed by atoms with Gasteiger partial charge in [0.15, 0.2) is 0 Å². The van der Waals surface area contributed by atoms with Gasteiger partial charge in [-0.3, -0.25) is 19.3 Å². The fourth-order valence-electron chi connectivity index (χ4n) is 2.48. The van der Waals surface area contributed by atoms with Gasteiger partial charge in [-0.25, -0.2) is 4.79 Å². The first-order valence-corrected chi connectivity index (χ1v) is 8.18. The first-order valence-electron chi connectivity index (χ1n) is 7.38. The summed E-state index contributed by atoms with van der Waals surface area (Å²) in [6, 6.07) is 3.61. The predicted molar refractivity (Wildman–Crippen MR) is 88.5 cm³/mol. The summed E-state index contributed by atoms with van der Waals surface area (Å²) in [4.78, 5) is 48.6. The maximum Gasteiger partial charge on any atom is 0.326 e. The van der Waals surface area contributed by atoms with E-state index in [1.807, 2.05) is 13.8 Å². The zero-order valence-corrected chi connectivity index (χ0v) is 14.8. The van der Waals surface area contributed by atoms with Gasteiger partial charge in [0.1, 0.15) is 12.6 Å². The average Bonchev–Trinajstić information content (AvgIpc) is 2.70. The van der Waals surface area contributed by atoms with E-state index in [0.29, 0.717) is 4.47 Å². The summed E-state index contributed by atoms with van der Waals surface area (Å²) in [6.07, 6.45) is 0.260. The molecule has 2 N–H and O–H groups in total. The topological polar surface area (TPSA) is 104 Å². The van der Waals surface area contributed by atoms with Crippen LogP contribution in [0.25, 0.3) is 0 Å². The van der Waals surface area contributed by atoms with Crippen molar-refractivity contribution in [2.24, 2.45) is 5.92 Å². The molecule has 1 heterocycles. The van der Waals surface area contributed by atoms with Crippen LogP contribution in [-0.2, 0) is 9.59 Å². The van der Waals surface area contributed by atoms with Gasteiger partial charge >= 0.3 is 5.97 Å². The highest BCUT2D eigenvalue weighted by Gasteiger charge is 2.37. The molecule has 0 radical (unpaired) electrons. The Labute approximate surface area is 147 Å². The number of carbonyl (C=O) groups is 4. The number of hydrogen-bond donors (Lipinski definition) is 2. The molecule has 8 heteroatoms. The van der Waals surface area contributed by atoms with E-state index in [1.54, 1.807) is 6.07 Å². The van der Waals surface area contributed by atoms with E-state index >= 15 is 0 Å². The van der Waals surface area contributed by atoms with Crippen molar-refractivity contribution < 1.29 is 24.3 Å². The normalized spacial score (nSPS) is 14.8. The maximum absolute atomic E-state index is 12.3. The lowest BCUT2D eigenvalue weighted by Gasteiger charge is -2.19. The monoisotopic (exact) mass is 396 g/mol. The van der Waals surface area contributed by atoms with Crippen LogP contribution in [-0.4, -0.2) is 46.3 Å². The predicted octanol–water partition coefficient (Wildman–Crippen LogP) is 1.66. The number of hydrogen-bond acceptors (Lipinski definition) is 4. The molecule has 128 valence electrons. The summed E-state index contributed by atoms with van der Waals surface area (Å²) in [5.74, 6) is -2.89. The Kier molecular flexibility index (Phi) is 5.38. The molecule has 0 spiro atoms. The zero-order valence-electron chi connectivity index (χ0n) is 13.2. The highest BCUT2D eigenvalue weighted by Crippen LogP contribution is 2.25. The van der Waals surface area contributed by atoms with Crippen LogP contribution in [0.3, 0.4) is 0 Å². The fourth-order valence-corrected chi connectivity index (χ4v) is 2.84. The number of amides is 3. The fraction of sp³-hybridized carbons (Fsp3) is 0.375. The number of carbonyl (C=O) groups excluding carboxylic acids is 3. The van der Waals surface area contributed by atoms with Crippen molar-refractivity contribution in [2.45, 2.75) is 26.3 Å². The maximum atomic E-state index is 12.3. The summed E-state index contributed by atoms with van der Waals surface area (Å²) in [5.41, 5.74) is 0.451. The highest BCUT2D eigenvalue weighted by atomic mass is 79.9. The zero-order chi connectivity index (χ0) is 18.0. The van der Waals surface area contributed by atoms with Crippen molar-refractivity contribution in [1.29, 1.82) is 0 Å². The first-order chi connectivity index (χ1) is 11.2. The van der Waals surface area contributed by atoms with Crippen molar-refractivity contribution in [3.63, 3.8) is 0 Å². The molecule has 1 aromatic carbocycles. The number of fused-ring (bicyclic) bond motifs is 1. The Bertz CT molecular complexity index is 716. The lowest BCUT2D eigenvalue weighted by Crippen LogP contribution is -2.47. The van der Waals surface area contributed by atoms with Gasteiger partial charge in [0.25, 0.3) is 11.8 Å². The molecule has 0 aliphatic carbocycles. The van der Waals surface area contributed by atoms with Gasteiger partial charge in [-0.2, -0.15) is 0 Å². The Morgan fingerprint density at radius 3 is 2.42 bits per heavy atom. The van der Waals surface area contributed by atoms with Crippen LogP contribution < -0.4 is 5.32 Å². The second kappa shape index (κ2) is 7.12. The van der Waals surface area contributed by atoms with Crippen molar-refractivity contribution in [1.82, 2.24) is 10.2 Å². The van der Waals surface area contributed by atoms with Gasteiger partial charge in [-0.15, -0.1) is 0 Å². The van der Waals surface area contributed by atoms with Crippen LogP contribution >= 0.6 is 15.9 Å². The second-order valence-electron chi connectivity index (χ2n) is 5.97. The van der Waals surface area contributed by atoms with E-state index in [2.05, 4.69) is 21.2 Å². The Morgan fingerprint density at radius 1 is 1.21 bits per heavy atom. The van der Waals surface area contributed by atoms with Crippen molar-refractivity contribution in [2.75, 3.05) is 6.54 Å². The quantitative estimate of drug-likeness (QED) is 0.711. The Balaban J connectivity index is 2.09. The first kappa shape index (κ1) is 18.1. The summed E-state index contributed by atoms with van der Waals surface area (Å²) < 4.78 is 0.650. The molecule has 1 unspecified atom stereocenters. The molecule has 1 atom stereocenters. The number of rotatable bonds is 6. The second-order valence-corrected chi connectivity index (χ2v) is 6.89. The van der Waals surface area contributed by atoms with E-state index in [4.69, 9.17) is 5.11 Å². The number of nitrogens with zero attached hydrogens (tertiary/aromatic N) is 1. The number of nitrogens with one attached hydrogen (secondary N) is 1. The summed E-state index contributed by atoms with van der Waals surface area (Å²) in [5, 5.41) is 11.5. The summed E-state index contributed by atoms with van der Waals surface area (Å²) in [7, 11) is 0. The molecule has 0 aromatic heterocycles. The highest BCUT2D eigenvalue weighted by molar-refractivity contribution is 9.10. The third-order valence-corrected chi connectivity index (χ3v) is 4.07. The number of carboxylic acids is 1. The minimum Gasteiger partial charge on any atom is -0.480 e. The van der Waals surface area contributed by atoms with Crippen molar-refractivity contribution in [3.8, 4) is 0 Å². The molecule has 0 saturated heterocycles. The molecule has 1 aliphatic rings. The van der Waals surface area contributed by atoms with Gasteiger partial charge in [-0.1, -0.05) is 29.8 Å². The number of halogens is 1. The summed E-state index contributed by atoms with van der Waals surface area (Å²) >= 11 is 3.23. The Morgan fingerprint density at radius 2 is 1.83 bits per heavy atom. The van der Waals surface area contributed by atoms with Crippen LogP contribution in [0.1, 0.15) is 41.0 Å². The van der Waals surface area contributed by atoms with E-state index in [9.17, 15) is 19.2 Å². The van der Waals surface area contributed by atoms with Gasteiger partial charge in [0.05, 0.1) is 11.1 Å². The summed E-state index contributed by atoms with van der Waals surface area (Å²) in [6.45, 7) is 3.17. The largest absolute Gasteiger partial charge is 0.480 e. The van der Waals surface area contributed by atoms with E-state index < -0.39 is 36.3 Å². The molecule has 1 aromatic rings. The van der Waals surface area contributed by atoms with Gasteiger partial charge in [0, 0.05) is 4.47 Å². The molecule has 3 amide bonds. The smallest absolute Gasteiger partial charge is 0.326 e. The van der Waals surface area contributed by atoms with Crippen LogP contribution in [0.2, 0.25) is 0 Å². The third kappa shape index (κ3) is 3.81. The van der Waals surface area contributed by atoms with Crippen molar-refractivity contribution >= 4 is 39.6 Å². The lowest BCUT2D eigenvalue weighted by molar-refractivity contribution is -0.142. The number of imide groups is 1. The van der Waals surface area contributed by atoms with E-state index in [1.165, 1.54) is 12.1 Å². The standard InChI is InChI=1S/C16H17BrN2O5/c1-8(2)5-12(16(23)24)18-13(20)7-19-14(21)10-4-3-9(17)6-11(10)15(19)22/h3-4,6,8,12H,5,7H2,1-2H3,(H,18,20)(H,23,24).